The molecule has 0 amide bonds. The van der Waals surface area contributed by atoms with Gasteiger partial charge in [0.15, 0.2) is 0 Å². The second kappa shape index (κ2) is 5.07. The fraction of sp³-hybridized carbons (Fsp3) is 0.0556. The molecule has 0 heterocycles. The van der Waals surface area contributed by atoms with Crippen LogP contribution in [0.1, 0.15) is 5.56 Å². The van der Waals surface area contributed by atoms with E-state index in [2.05, 4.69) is 11.8 Å². The van der Waals surface area contributed by atoms with E-state index in [-0.39, 0.29) is 17.5 Å². The normalized spacial score (nSPS) is 13.4. The van der Waals surface area contributed by atoms with Gasteiger partial charge in [-0.15, -0.1) is 0 Å². The lowest BCUT2D eigenvalue weighted by Gasteiger charge is -2.03. The van der Waals surface area contributed by atoms with Crippen molar-refractivity contribution in [3.8, 4) is 17.6 Å². The van der Waals surface area contributed by atoms with Gasteiger partial charge in [-0.3, -0.25) is 4.79 Å². The Morgan fingerprint density at radius 1 is 1.05 bits per heavy atom. The fourth-order valence-corrected chi connectivity index (χ4v) is 2.21. The summed E-state index contributed by atoms with van der Waals surface area (Å²) < 4.78 is 0. The summed E-state index contributed by atoms with van der Waals surface area (Å²) in [6, 6.07) is 11.1. The zero-order valence-electron chi connectivity index (χ0n) is 10.7. The quantitative estimate of drug-likeness (QED) is 0.799. The summed E-state index contributed by atoms with van der Waals surface area (Å²) in [7, 11) is 0. The minimum absolute atomic E-state index is 0.0986. The molecule has 20 heavy (non-hydrogen) atoms. The van der Waals surface area contributed by atoms with Crippen LogP contribution < -0.4 is 0 Å². The van der Waals surface area contributed by atoms with Gasteiger partial charge in [0.25, 0.3) is 0 Å². The van der Waals surface area contributed by atoms with Gasteiger partial charge < -0.3 is 5.11 Å². The van der Waals surface area contributed by atoms with E-state index in [1.165, 1.54) is 0 Å². The van der Waals surface area contributed by atoms with Crippen molar-refractivity contribution in [1.82, 2.24) is 0 Å². The minimum atomic E-state index is -0.264. The smallest absolute Gasteiger partial charge is 0.216 e. The van der Waals surface area contributed by atoms with E-state index in [1.54, 1.807) is 18.2 Å². The summed E-state index contributed by atoms with van der Waals surface area (Å²) in [5.74, 6) is 5.11. The molecule has 0 saturated carbocycles. The van der Waals surface area contributed by atoms with Crippen molar-refractivity contribution < 1.29 is 9.90 Å². The van der Waals surface area contributed by atoms with Gasteiger partial charge in [-0.2, -0.15) is 0 Å². The van der Waals surface area contributed by atoms with Crippen molar-refractivity contribution in [2.45, 2.75) is 0 Å². The van der Waals surface area contributed by atoms with Gasteiger partial charge in [-0.25, -0.2) is 0 Å². The number of Topliss-reactive ketones (excluding diaryl/α,β-unsaturated/α-hetero) is 1. The molecule has 96 valence electrons. The van der Waals surface area contributed by atoms with E-state index in [1.807, 2.05) is 42.5 Å². The Balaban J connectivity index is 2.03. The molecule has 0 atom stereocenters. The fourth-order valence-electron chi connectivity index (χ4n) is 2.21. The summed E-state index contributed by atoms with van der Waals surface area (Å²) in [5.41, 5.74) is 0.502. The minimum Gasteiger partial charge on any atom is -0.507 e. The Kier molecular flexibility index (Phi) is 3.10. The largest absolute Gasteiger partial charge is 0.507 e. The average Bonchev–Trinajstić information content (AvgIpc) is 3.00. The zero-order valence-corrected chi connectivity index (χ0v) is 10.7. The first kappa shape index (κ1) is 12.3. The van der Waals surface area contributed by atoms with Crippen LogP contribution >= 0.6 is 0 Å². The highest BCUT2D eigenvalue weighted by molar-refractivity contribution is 6.01. The van der Waals surface area contributed by atoms with Crippen molar-refractivity contribution in [1.29, 1.82) is 0 Å². The molecule has 0 fully saturated rings. The van der Waals surface area contributed by atoms with Crippen molar-refractivity contribution in [3.63, 3.8) is 0 Å². The molecule has 0 saturated heterocycles. The Bertz CT molecular complexity index is 789. The summed E-state index contributed by atoms with van der Waals surface area (Å²) in [4.78, 5) is 11.9. The van der Waals surface area contributed by atoms with Gasteiger partial charge in [0.05, 0.1) is 11.5 Å². The van der Waals surface area contributed by atoms with Gasteiger partial charge in [-0.05, 0) is 17.4 Å². The van der Waals surface area contributed by atoms with Crippen LogP contribution in [-0.2, 0) is 4.79 Å². The van der Waals surface area contributed by atoms with E-state index < -0.39 is 0 Å². The van der Waals surface area contributed by atoms with Crippen LogP contribution in [-0.4, -0.2) is 10.9 Å². The van der Waals surface area contributed by atoms with Gasteiger partial charge in [-0.1, -0.05) is 60.6 Å². The lowest BCUT2D eigenvalue weighted by molar-refractivity contribution is -0.114. The van der Waals surface area contributed by atoms with E-state index in [0.717, 1.165) is 10.8 Å². The zero-order chi connectivity index (χ0) is 13.9. The van der Waals surface area contributed by atoms with Gasteiger partial charge >= 0.3 is 0 Å². The predicted octanol–water partition coefficient (Wildman–Crippen LogP) is 3.21. The predicted molar refractivity (Wildman–Crippen MR) is 79.3 cm³/mol. The Hall–Kier alpha value is -2.79. The summed E-state index contributed by atoms with van der Waals surface area (Å²) >= 11 is 0. The topological polar surface area (TPSA) is 37.3 Å². The third-order valence-electron chi connectivity index (χ3n) is 3.27. The molecule has 2 aromatic rings. The van der Waals surface area contributed by atoms with Crippen LogP contribution in [0.25, 0.3) is 10.8 Å². The van der Waals surface area contributed by atoms with Gasteiger partial charge in [0.2, 0.25) is 5.78 Å². The standard InChI is InChI=1S/C18H12O2/c19-17(14-6-1-2-7-14)12-10-16-15-8-4-3-5-13(15)9-11-18(16)20/h1-9,11,14,20H. The molecule has 0 radical (unpaired) electrons. The number of phenols is 1. The van der Waals surface area contributed by atoms with Gasteiger partial charge in [0.1, 0.15) is 5.75 Å². The van der Waals surface area contributed by atoms with Gasteiger partial charge in [0, 0.05) is 5.39 Å². The van der Waals surface area contributed by atoms with Crippen LogP contribution in [0.15, 0.2) is 60.7 Å². The third-order valence-corrected chi connectivity index (χ3v) is 3.27. The number of allylic oxidation sites excluding steroid dienone is 4. The number of carbonyl (C=O) groups is 1. The molecular formula is C18H12O2. The molecule has 0 spiro atoms. The lowest BCUT2D eigenvalue weighted by atomic mass is 10.0. The number of carbonyl (C=O) groups excluding carboxylic acids is 1. The SMILES string of the molecule is O=C(C#Cc1c(O)ccc2ccccc12)C1C=CC=C1. The molecule has 0 aliphatic heterocycles. The lowest BCUT2D eigenvalue weighted by Crippen LogP contribution is -2.04. The number of fused-ring (bicyclic) bond motifs is 1. The Morgan fingerprint density at radius 3 is 2.60 bits per heavy atom. The Labute approximate surface area is 117 Å². The highest BCUT2D eigenvalue weighted by atomic mass is 16.3. The molecular weight excluding hydrogens is 248 g/mol. The molecule has 1 aliphatic carbocycles. The molecule has 2 nitrogen and oxygen atoms in total. The van der Waals surface area contributed by atoms with E-state index in [0.29, 0.717) is 5.56 Å². The summed E-state index contributed by atoms with van der Waals surface area (Å²) in [6.45, 7) is 0. The maximum atomic E-state index is 11.9. The number of ketones is 1. The maximum absolute atomic E-state index is 11.9. The summed E-state index contributed by atoms with van der Waals surface area (Å²) in [5, 5.41) is 11.8. The molecule has 0 bridgehead atoms. The Morgan fingerprint density at radius 2 is 1.80 bits per heavy atom. The molecule has 1 N–H and O–H groups in total. The average molecular weight is 260 g/mol. The second-order valence-electron chi connectivity index (χ2n) is 4.59. The summed E-state index contributed by atoms with van der Waals surface area (Å²) in [6.07, 6.45) is 7.28. The highest BCUT2D eigenvalue weighted by Crippen LogP contribution is 2.26. The first-order valence-electron chi connectivity index (χ1n) is 6.37. The van der Waals surface area contributed by atoms with Crippen LogP contribution in [0.2, 0.25) is 0 Å². The van der Waals surface area contributed by atoms with Crippen LogP contribution in [0.3, 0.4) is 0 Å². The number of phenolic OH excluding ortho intramolecular Hbond substituents is 1. The molecule has 3 rings (SSSR count). The van der Waals surface area contributed by atoms with Crippen molar-refractivity contribution in [3.05, 3.63) is 66.3 Å². The van der Waals surface area contributed by atoms with Crippen LogP contribution in [0, 0.1) is 17.8 Å². The van der Waals surface area contributed by atoms with E-state index >= 15 is 0 Å². The van der Waals surface area contributed by atoms with E-state index in [9.17, 15) is 9.90 Å². The number of hydrogen-bond acceptors (Lipinski definition) is 2. The number of aromatic hydroxyl groups is 1. The molecule has 2 heteroatoms. The molecule has 0 unspecified atom stereocenters. The van der Waals surface area contributed by atoms with Crippen molar-refractivity contribution >= 4 is 16.6 Å². The third kappa shape index (κ3) is 2.22. The number of benzene rings is 2. The van der Waals surface area contributed by atoms with Crippen molar-refractivity contribution in [2.24, 2.45) is 5.92 Å². The first-order valence-corrected chi connectivity index (χ1v) is 6.37. The molecule has 2 aromatic carbocycles. The van der Waals surface area contributed by atoms with Crippen LogP contribution in [0.5, 0.6) is 5.75 Å². The monoisotopic (exact) mass is 260 g/mol. The number of rotatable bonds is 1. The van der Waals surface area contributed by atoms with E-state index in [4.69, 9.17) is 0 Å². The second-order valence-corrected chi connectivity index (χ2v) is 4.59. The van der Waals surface area contributed by atoms with Crippen molar-refractivity contribution in [2.75, 3.05) is 0 Å². The van der Waals surface area contributed by atoms with Crippen LogP contribution in [0.4, 0.5) is 0 Å². The maximum Gasteiger partial charge on any atom is 0.216 e. The number of hydrogen-bond donors (Lipinski definition) is 1. The first-order chi connectivity index (χ1) is 9.75. The molecule has 0 aromatic heterocycles. The molecule has 1 aliphatic rings. The highest BCUT2D eigenvalue weighted by Gasteiger charge is 2.11.